The fourth-order valence-corrected chi connectivity index (χ4v) is 4.61. The van der Waals surface area contributed by atoms with Gasteiger partial charge in [-0.2, -0.15) is 0 Å². The number of ether oxygens (including phenoxy) is 1. The van der Waals surface area contributed by atoms with Crippen LogP contribution < -0.4 is 10.1 Å². The third-order valence-electron chi connectivity index (χ3n) is 6.61. The van der Waals surface area contributed by atoms with E-state index in [1.807, 2.05) is 48.1 Å². The molecule has 0 unspecified atom stereocenters. The van der Waals surface area contributed by atoms with Gasteiger partial charge in [0.05, 0.1) is 5.52 Å². The van der Waals surface area contributed by atoms with Gasteiger partial charge in [0, 0.05) is 30.2 Å². The molecule has 39 heavy (non-hydrogen) atoms. The number of allylic oxidation sites excluding steroid dienone is 1. The highest BCUT2D eigenvalue weighted by molar-refractivity contribution is 5.93. The zero-order valence-electron chi connectivity index (χ0n) is 21.2. The van der Waals surface area contributed by atoms with E-state index in [1.165, 1.54) is 0 Å². The van der Waals surface area contributed by atoms with Crippen LogP contribution in [0.2, 0.25) is 0 Å². The number of hydrogen-bond donors (Lipinski definition) is 1. The summed E-state index contributed by atoms with van der Waals surface area (Å²) in [7, 11) is 0. The van der Waals surface area contributed by atoms with Crippen LogP contribution in [-0.4, -0.2) is 53.5 Å². The van der Waals surface area contributed by atoms with Crippen molar-refractivity contribution in [2.24, 2.45) is 0 Å². The lowest BCUT2D eigenvalue weighted by Crippen LogP contribution is -2.28. The molecule has 1 aliphatic rings. The summed E-state index contributed by atoms with van der Waals surface area (Å²) < 4.78 is 7.71. The van der Waals surface area contributed by atoms with Gasteiger partial charge in [0.1, 0.15) is 42.2 Å². The molecule has 0 saturated carbocycles. The monoisotopic (exact) mass is 516 g/mol. The summed E-state index contributed by atoms with van der Waals surface area (Å²) in [5.74, 6) is 3.80. The van der Waals surface area contributed by atoms with Gasteiger partial charge in [-0.05, 0) is 66.5 Å². The average Bonchev–Trinajstić information content (AvgIpc) is 3.43. The Labute approximate surface area is 224 Å². The van der Waals surface area contributed by atoms with Crippen LogP contribution in [0.25, 0.3) is 22.1 Å². The van der Waals surface area contributed by atoms with Crippen LogP contribution in [0.1, 0.15) is 17.5 Å². The van der Waals surface area contributed by atoms with Crippen molar-refractivity contribution in [2.75, 3.05) is 18.4 Å². The van der Waals surface area contributed by atoms with E-state index in [2.05, 4.69) is 49.2 Å². The average molecular weight is 517 g/mol. The third-order valence-corrected chi connectivity index (χ3v) is 6.61. The Kier molecular flexibility index (Phi) is 6.28. The van der Waals surface area contributed by atoms with Crippen molar-refractivity contribution < 1.29 is 9.53 Å². The molecular weight excluding hydrogens is 492 g/mol. The third kappa shape index (κ3) is 4.84. The molecule has 0 aliphatic carbocycles. The van der Waals surface area contributed by atoms with Gasteiger partial charge in [-0.1, -0.05) is 18.7 Å². The molecule has 0 amide bonds. The number of hydrogen-bond acceptors (Lipinski definition) is 9. The lowest BCUT2D eigenvalue weighted by atomic mass is 9.99. The van der Waals surface area contributed by atoms with Gasteiger partial charge in [0.25, 0.3) is 0 Å². The smallest absolute Gasteiger partial charge is 0.224 e. The molecule has 6 rings (SSSR count). The highest BCUT2D eigenvalue weighted by atomic mass is 16.5. The standard InChI is InChI=1S/C29H24N8O2/c1-3-23(15-38)36-10-4-5-21(14-36)20-6-8-25-24(12-20)29(31-16-30-25)34-22-7-9-26(19(2)11-22)39-28-13-27-35-33-18-37(27)17-32-28/h3,5-9,11-13,16-18H,1,4,10,14H2,2H3,(H,30,31,34). The summed E-state index contributed by atoms with van der Waals surface area (Å²) in [6.07, 6.45) is 9.34. The minimum Gasteiger partial charge on any atom is -0.439 e. The molecule has 10 nitrogen and oxygen atoms in total. The number of rotatable bonds is 7. The lowest BCUT2D eigenvalue weighted by Gasteiger charge is -2.28. The zero-order chi connectivity index (χ0) is 26.8. The van der Waals surface area contributed by atoms with E-state index in [4.69, 9.17) is 4.74 Å². The maximum atomic E-state index is 11.3. The molecule has 0 radical (unpaired) electrons. The second-order valence-corrected chi connectivity index (χ2v) is 9.12. The highest BCUT2D eigenvalue weighted by Gasteiger charge is 2.17. The van der Waals surface area contributed by atoms with Crippen molar-refractivity contribution >= 4 is 39.6 Å². The summed E-state index contributed by atoms with van der Waals surface area (Å²) in [6, 6.07) is 13.7. The lowest BCUT2D eigenvalue weighted by molar-refractivity contribution is 0.394. The Morgan fingerprint density at radius 3 is 2.90 bits per heavy atom. The van der Waals surface area contributed by atoms with Crippen molar-refractivity contribution in [1.82, 2.24) is 34.4 Å². The predicted octanol–water partition coefficient (Wildman–Crippen LogP) is 4.90. The number of aryl methyl sites for hydroxylation is 1. The highest BCUT2D eigenvalue weighted by Crippen LogP contribution is 2.31. The normalized spacial score (nSPS) is 13.2. The molecule has 2 aromatic carbocycles. The molecule has 4 heterocycles. The van der Waals surface area contributed by atoms with Gasteiger partial charge in [-0.25, -0.2) is 19.7 Å². The molecule has 0 fully saturated rings. The number of anilines is 2. The number of fused-ring (bicyclic) bond motifs is 2. The molecule has 0 atom stereocenters. The van der Waals surface area contributed by atoms with E-state index in [1.54, 1.807) is 35.5 Å². The van der Waals surface area contributed by atoms with E-state index in [0.717, 1.165) is 46.3 Å². The summed E-state index contributed by atoms with van der Waals surface area (Å²) >= 11 is 0. The number of carbonyl (C=O) groups excluding carboxylic acids is 1. The van der Waals surface area contributed by atoms with E-state index in [-0.39, 0.29) is 0 Å². The van der Waals surface area contributed by atoms with E-state index >= 15 is 0 Å². The molecule has 10 heteroatoms. The Morgan fingerprint density at radius 2 is 2.05 bits per heavy atom. The maximum Gasteiger partial charge on any atom is 0.224 e. The fraction of sp³-hybridized carbons (Fsp3) is 0.138. The summed E-state index contributed by atoms with van der Waals surface area (Å²) in [6.45, 7) is 7.07. The molecule has 0 bridgehead atoms. The number of nitrogens with zero attached hydrogens (tertiary/aromatic N) is 7. The summed E-state index contributed by atoms with van der Waals surface area (Å²) in [5.41, 5.74) is 5.93. The van der Waals surface area contributed by atoms with Crippen molar-refractivity contribution in [3.8, 4) is 11.6 Å². The Hall–Kier alpha value is -5.34. The fourth-order valence-electron chi connectivity index (χ4n) is 4.61. The van der Waals surface area contributed by atoms with Gasteiger partial charge < -0.3 is 15.0 Å². The first kappa shape index (κ1) is 24.0. The largest absolute Gasteiger partial charge is 0.439 e. The number of benzene rings is 2. The van der Waals surface area contributed by atoms with Gasteiger partial charge >= 0.3 is 0 Å². The topological polar surface area (TPSA) is 110 Å². The number of aromatic nitrogens is 6. The van der Waals surface area contributed by atoms with Crippen LogP contribution in [0.4, 0.5) is 11.5 Å². The van der Waals surface area contributed by atoms with Crippen molar-refractivity contribution in [3.05, 3.63) is 97.0 Å². The first-order valence-corrected chi connectivity index (χ1v) is 12.4. The minimum atomic E-state index is 0.438. The molecule has 1 aliphatic heterocycles. The second-order valence-electron chi connectivity index (χ2n) is 9.12. The molecule has 5 aromatic rings. The molecule has 3 aromatic heterocycles. The van der Waals surface area contributed by atoms with Gasteiger partial charge in [0.2, 0.25) is 5.88 Å². The Bertz CT molecular complexity index is 1800. The van der Waals surface area contributed by atoms with Gasteiger partial charge in [0.15, 0.2) is 5.65 Å². The van der Waals surface area contributed by atoms with E-state index in [0.29, 0.717) is 35.3 Å². The van der Waals surface area contributed by atoms with Crippen LogP contribution in [0.3, 0.4) is 0 Å². The Balaban J connectivity index is 1.25. The van der Waals surface area contributed by atoms with Gasteiger partial charge in [-0.15, -0.1) is 10.2 Å². The molecule has 192 valence electrons. The first-order chi connectivity index (χ1) is 19.1. The van der Waals surface area contributed by atoms with Crippen LogP contribution in [0.15, 0.2) is 85.9 Å². The summed E-state index contributed by atoms with van der Waals surface area (Å²) in [5, 5.41) is 12.2. The van der Waals surface area contributed by atoms with E-state index < -0.39 is 0 Å². The SMILES string of the molecule is C=CC(=C=O)N1CCC=C(c2ccc3ncnc(Nc4ccc(Oc5cc6nncn6cn5)c(C)c4)c3c2)C1. The molecule has 1 N–H and O–H groups in total. The summed E-state index contributed by atoms with van der Waals surface area (Å²) in [4.78, 5) is 26.6. The number of nitrogens with one attached hydrogen (secondary N) is 1. The van der Waals surface area contributed by atoms with Crippen molar-refractivity contribution in [1.29, 1.82) is 0 Å². The van der Waals surface area contributed by atoms with Crippen LogP contribution in [0.5, 0.6) is 11.6 Å². The maximum absolute atomic E-state index is 11.3. The van der Waals surface area contributed by atoms with Crippen molar-refractivity contribution in [3.63, 3.8) is 0 Å². The quantitative estimate of drug-likeness (QED) is 0.238. The van der Waals surface area contributed by atoms with E-state index in [9.17, 15) is 4.79 Å². The minimum absolute atomic E-state index is 0.438. The zero-order valence-corrected chi connectivity index (χ0v) is 21.2. The first-order valence-electron chi connectivity index (χ1n) is 12.4. The van der Waals surface area contributed by atoms with Crippen LogP contribution >= 0.6 is 0 Å². The molecule has 0 spiro atoms. The second kappa shape index (κ2) is 10.2. The molecular formula is C29H24N8O2. The molecule has 0 saturated heterocycles. The van der Waals surface area contributed by atoms with Crippen LogP contribution in [-0.2, 0) is 4.79 Å². The van der Waals surface area contributed by atoms with Gasteiger partial charge in [-0.3, -0.25) is 4.40 Å². The van der Waals surface area contributed by atoms with Crippen LogP contribution in [0, 0.1) is 6.92 Å². The van der Waals surface area contributed by atoms with Crippen molar-refractivity contribution in [2.45, 2.75) is 13.3 Å². The predicted molar refractivity (Wildman–Crippen MR) is 148 cm³/mol. The Morgan fingerprint density at radius 1 is 1.13 bits per heavy atom.